The summed E-state index contributed by atoms with van der Waals surface area (Å²) in [6.45, 7) is 8.66. The molecule has 0 amide bonds. The predicted molar refractivity (Wildman–Crippen MR) is 443 cm³/mol. The third kappa shape index (κ3) is 15.7. The molecule has 117 heavy (non-hydrogen) atoms. The molecule has 586 valence electrons. The number of hydrogen-bond acceptors (Lipinski definition) is 20. The number of nitrogens with zero attached hydrogens (tertiary/aromatic N) is 10. The van der Waals surface area contributed by atoms with E-state index in [9.17, 15) is 36.7 Å². The van der Waals surface area contributed by atoms with Crippen LogP contribution in [0.5, 0.6) is 0 Å². The van der Waals surface area contributed by atoms with Crippen LogP contribution in [0.25, 0.3) is 99.1 Å². The van der Waals surface area contributed by atoms with Crippen molar-refractivity contribution >= 4 is 146 Å². The molecule has 17 N–H and O–H groups in total. The van der Waals surface area contributed by atoms with Gasteiger partial charge in [0.25, 0.3) is 22.2 Å². The molecule has 37 heteroatoms. The minimum Gasteiger partial charge on any atom is -0.339 e. The molecule has 19 aromatic rings. The SMILES string of the molecule is Cc1cc(Nc2ccnc(Cc3ccc4c(=O)[nH][nH]c4c3)c2)n[nH]1.Cc1cc(Nc2nc(-c3ccc4[nH][nH]c(=O)c4c3Cl)nc(C)c2C)n[nH]1.O=c1[nH][nH]c2cc(CSc3cc(Nc4n[nH]c5ccccc45)c4ccccc4n3)ccc12.O=c1[nH][nH]c2ccc(-c3nc4c(c(Nc5n[nH]c6ccc(F)cc56)n3)CCNC4)c(C(F)(F)F)c12. The first-order valence-corrected chi connectivity index (χ1v) is 37.7. The van der Waals surface area contributed by atoms with Crippen molar-refractivity contribution < 1.29 is 17.6 Å². The number of hydrogen-bond donors (Lipinski definition) is 17. The minimum absolute atomic E-state index is 0.0223. The van der Waals surface area contributed by atoms with E-state index in [2.05, 4.69) is 145 Å². The fourth-order valence-electron chi connectivity index (χ4n) is 13.7. The lowest BCUT2D eigenvalue weighted by Gasteiger charge is -2.21. The Labute approximate surface area is 663 Å². The Bertz CT molecular complexity index is 7260. The first-order chi connectivity index (χ1) is 56.6. The number of thioether (sulfide) groups is 1. The van der Waals surface area contributed by atoms with Crippen LogP contribution in [0, 0.1) is 33.5 Å². The average molecular weight is 1610 g/mol. The van der Waals surface area contributed by atoms with Crippen molar-refractivity contribution in [1.82, 2.24) is 117 Å². The molecular formula is C80H66ClF4N27O4S. The molecule has 0 fully saturated rings. The van der Waals surface area contributed by atoms with Gasteiger partial charge in [0, 0.05) is 104 Å². The molecule has 0 unspecified atom stereocenters. The number of pyridine rings is 2. The Morgan fingerprint density at radius 1 is 0.496 bits per heavy atom. The molecule has 0 spiro atoms. The van der Waals surface area contributed by atoms with E-state index in [0.717, 1.165) is 106 Å². The van der Waals surface area contributed by atoms with E-state index >= 15 is 0 Å². The molecule has 0 bridgehead atoms. The lowest BCUT2D eigenvalue weighted by atomic mass is 10.0. The van der Waals surface area contributed by atoms with E-state index in [0.29, 0.717) is 97.8 Å². The Balaban J connectivity index is 0.000000113. The molecule has 31 nitrogen and oxygen atoms in total. The average Bonchev–Trinajstić information content (AvgIpc) is 1.70. The first-order valence-electron chi connectivity index (χ1n) is 36.4. The van der Waals surface area contributed by atoms with Crippen molar-refractivity contribution in [3.8, 4) is 22.8 Å². The van der Waals surface area contributed by atoms with Crippen LogP contribution in [-0.2, 0) is 31.3 Å². The van der Waals surface area contributed by atoms with Crippen molar-refractivity contribution in [2.24, 2.45) is 0 Å². The van der Waals surface area contributed by atoms with Gasteiger partial charge in [-0.2, -0.15) is 33.6 Å². The summed E-state index contributed by atoms with van der Waals surface area (Å²) >= 11 is 8.13. The van der Waals surface area contributed by atoms with Crippen LogP contribution in [0.2, 0.25) is 5.02 Å². The molecule has 13 heterocycles. The largest absolute Gasteiger partial charge is 0.417 e. The van der Waals surface area contributed by atoms with E-state index in [1.165, 1.54) is 30.3 Å². The molecule has 0 radical (unpaired) electrons. The standard InChI is InChI=1S/C24H18N6OS.C22H16F4N8O.C17H16ClN7O.C17H16N6O/c31-24-17-10-9-14(11-21(17)28-30-24)13-32-22-12-20(15-5-1-3-7-18(15)25-22)26-23-16-6-2-4-8-19(16)27-29-23;23-9-1-3-13-12(7-9)20(33-31-13)30-18-10-5-6-27-8-15(10)28-19(29-18)11-2-4-14-16(21(35)34-32-14)17(11)22(24,25)26;1-7-6-12(24-22-7)20-15-8(2)9(3)19-16(21-15)10-4-5-11-13(14(10)18)17(26)25-23-11;1-10-6-16(22-20-10)19-12-4-5-18-13(9-12)7-11-2-3-14-15(8-11)21-23-17(14)24/h1-12H,13H2,(H2,28,30,31)(H2,25,26,27,29);1-4,7,27H,5-6,8H2,(H2,32,34,35)(H2,28,29,30,31,33);4-6H,1-3H3,(H2,23,25,26)(H2,19,20,21,22,24);2-6,8-9H,7H2,1H3,(H2,21,23,24)(H2,18,19,20,22). The lowest BCUT2D eigenvalue weighted by Crippen LogP contribution is -2.26. The maximum Gasteiger partial charge on any atom is 0.417 e. The summed E-state index contributed by atoms with van der Waals surface area (Å²) in [5.74, 6) is 3.92. The van der Waals surface area contributed by atoms with Crippen molar-refractivity contribution in [1.29, 1.82) is 0 Å². The number of aryl methyl sites for hydroxylation is 3. The van der Waals surface area contributed by atoms with Gasteiger partial charge < -0.3 is 26.6 Å². The van der Waals surface area contributed by atoms with Crippen molar-refractivity contribution in [2.45, 2.75) is 64.0 Å². The van der Waals surface area contributed by atoms with Gasteiger partial charge in [-0.1, -0.05) is 54.1 Å². The van der Waals surface area contributed by atoms with Crippen LogP contribution in [0.3, 0.4) is 0 Å². The zero-order valence-corrected chi connectivity index (χ0v) is 63.6. The number of benzene rings is 7. The Kier molecular flexibility index (Phi) is 20.0. The highest BCUT2D eigenvalue weighted by Crippen LogP contribution is 2.42. The van der Waals surface area contributed by atoms with Crippen LogP contribution in [0.4, 0.5) is 63.8 Å². The molecule has 12 aromatic heterocycles. The highest BCUT2D eigenvalue weighted by molar-refractivity contribution is 7.98. The van der Waals surface area contributed by atoms with Crippen LogP contribution in [0.1, 0.15) is 56.3 Å². The molecule has 1 aliphatic rings. The zero-order chi connectivity index (χ0) is 80.8. The van der Waals surface area contributed by atoms with Gasteiger partial charge in [-0.15, -0.1) is 11.8 Å². The first kappa shape index (κ1) is 74.9. The number of fused-ring (bicyclic) bond motifs is 8. The number of alkyl halides is 3. The van der Waals surface area contributed by atoms with Crippen molar-refractivity contribution in [2.75, 3.05) is 27.8 Å². The Hall–Kier alpha value is -14.8. The van der Waals surface area contributed by atoms with Gasteiger partial charge in [0.2, 0.25) is 0 Å². The number of aromatic nitrogens is 22. The van der Waals surface area contributed by atoms with E-state index in [4.69, 9.17) is 16.6 Å². The number of aromatic amines is 12. The van der Waals surface area contributed by atoms with Gasteiger partial charge in [-0.3, -0.25) is 85.3 Å². The number of para-hydroxylation sites is 2. The summed E-state index contributed by atoms with van der Waals surface area (Å²) in [6, 6.07) is 47.8. The van der Waals surface area contributed by atoms with Gasteiger partial charge in [0.05, 0.1) is 87.2 Å². The molecular weight excluding hydrogens is 1550 g/mol. The molecule has 0 saturated carbocycles. The predicted octanol–water partition coefficient (Wildman–Crippen LogP) is 15.0. The number of H-pyrrole nitrogens is 12. The topological polar surface area (TPSA) is 447 Å². The monoisotopic (exact) mass is 1610 g/mol. The lowest BCUT2D eigenvalue weighted by molar-refractivity contribution is -0.135. The molecule has 0 saturated heterocycles. The van der Waals surface area contributed by atoms with Crippen LogP contribution in [0.15, 0.2) is 188 Å². The van der Waals surface area contributed by atoms with Gasteiger partial charge in [0.1, 0.15) is 17.5 Å². The molecule has 20 rings (SSSR count). The second-order valence-electron chi connectivity index (χ2n) is 27.5. The minimum atomic E-state index is -4.84. The summed E-state index contributed by atoms with van der Waals surface area (Å²) in [5.41, 5.74) is 12.4. The molecule has 7 aromatic carbocycles. The summed E-state index contributed by atoms with van der Waals surface area (Å²) in [5, 5.41) is 70.7. The van der Waals surface area contributed by atoms with Crippen LogP contribution < -0.4 is 48.8 Å². The number of anilines is 8. The molecule has 1 aliphatic heterocycles. The highest BCUT2D eigenvalue weighted by atomic mass is 35.5. The Morgan fingerprint density at radius 2 is 1.11 bits per heavy atom. The summed E-state index contributed by atoms with van der Waals surface area (Å²) < 4.78 is 56.4. The Morgan fingerprint density at radius 3 is 1.84 bits per heavy atom. The number of halogens is 5. The maximum absolute atomic E-state index is 14.2. The second kappa shape index (κ2) is 31.3. The second-order valence-corrected chi connectivity index (χ2v) is 28.8. The third-order valence-corrected chi connectivity index (χ3v) is 20.9. The summed E-state index contributed by atoms with van der Waals surface area (Å²) in [6.07, 6.45) is -1.87. The third-order valence-electron chi connectivity index (χ3n) is 19.5. The number of rotatable bonds is 15. The van der Waals surface area contributed by atoms with E-state index in [1.807, 2.05) is 131 Å². The fourth-order valence-corrected chi connectivity index (χ4v) is 14.8. The summed E-state index contributed by atoms with van der Waals surface area (Å²) in [7, 11) is 0. The van der Waals surface area contributed by atoms with Gasteiger partial charge in [-0.25, -0.2) is 29.3 Å². The molecule has 0 aliphatic carbocycles. The van der Waals surface area contributed by atoms with Crippen LogP contribution in [-0.4, -0.2) is 118 Å². The normalized spacial score (nSPS) is 12.1. The van der Waals surface area contributed by atoms with E-state index < -0.39 is 28.5 Å². The fraction of sp³-hybridized carbons (Fsp3) is 0.125. The quantitative estimate of drug-likeness (QED) is 0.0335. The van der Waals surface area contributed by atoms with E-state index in [-0.39, 0.29) is 45.2 Å². The molecule has 0 atom stereocenters. The zero-order valence-electron chi connectivity index (χ0n) is 62.0. The van der Waals surface area contributed by atoms with Crippen LogP contribution >= 0.6 is 23.4 Å². The number of nitrogens with one attached hydrogen (secondary N) is 17. The van der Waals surface area contributed by atoms with Gasteiger partial charge in [0.15, 0.2) is 34.9 Å². The maximum atomic E-state index is 14.2. The van der Waals surface area contributed by atoms with Gasteiger partial charge >= 0.3 is 6.18 Å². The van der Waals surface area contributed by atoms with Crippen molar-refractivity contribution in [3.63, 3.8) is 0 Å². The smallest absolute Gasteiger partial charge is 0.339 e. The van der Waals surface area contributed by atoms with Gasteiger partial charge in [-0.05, 0) is 155 Å². The van der Waals surface area contributed by atoms with Crippen molar-refractivity contribution in [3.05, 3.63) is 272 Å². The van der Waals surface area contributed by atoms with E-state index in [1.54, 1.807) is 30.1 Å². The summed E-state index contributed by atoms with van der Waals surface area (Å²) in [4.78, 5) is 74.7. The highest BCUT2D eigenvalue weighted by Gasteiger charge is 2.39.